The van der Waals surface area contributed by atoms with Crippen LogP contribution in [0.5, 0.6) is 17.2 Å². The van der Waals surface area contributed by atoms with E-state index in [0.717, 1.165) is 10.6 Å². The van der Waals surface area contributed by atoms with Crippen molar-refractivity contribution >= 4 is 28.2 Å². The van der Waals surface area contributed by atoms with E-state index in [1.165, 1.54) is 46.4 Å². The van der Waals surface area contributed by atoms with E-state index in [1.807, 2.05) is 0 Å². The number of hydrogen-bond acceptors (Lipinski definition) is 9. The van der Waals surface area contributed by atoms with Crippen LogP contribution in [0.15, 0.2) is 123 Å². The van der Waals surface area contributed by atoms with Gasteiger partial charge in [-0.2, -0.15) is 0 Å². The number of benzene rings is 4. The van der Waals surface area contributed by atoms with E-state index >= 15 is 14.0 Å². The topological polar surface area (TPSA) is 157 Å². The number of aromatic nitrogens is 5. The van der Waals surface area contributed by atoms with Crippen LogP contribution in [-0.4, -0.2) is 54.4 Å². The van der Waals surface area contributed by atoms with Crippen LogP contribution in [-0.2, 0) is 41.6 Å². The van der Waals surface area contributed by atoms with Crippen LogP contribution in [0, 0.1) is 11.7 Å². The lowest BCUT2D eigenvalue weighted by molar-refractivity contribution is -0.133. The molecule has 0 amide bonds. The molecule has 0 unspecified atom stereocenters. The van der Waals surface area contributed by atoms with E-state index in [1.54, 1.807) is 85.9 Å². The minimum atomic E-state index is -1.66. The second-order valence-corrected chi connectivity index (χ2v) is 15.0. The third-order valence-corrected chi connectivity index (χ3v) is 12.3. The van der Waals surface area contributed by atoms with Gasteiger partial charge in [0, 0.05) is 55.1 Å². The van der Waals surface area contributed by atoms with Crippen molar-refractivity contribution in [3.63, 3.8) is 0 Å². The number of ketones is 2. The Morgan fingerprint density at radius 1 is 0.881 bits per heavy atom. The third-order valence-electron chi connectivity index (χ3n) is 12.3. The van der Waals surface area contributed by atoms with Crippen molar-refractivity contribution < 1.29 is 28.6 Å². The molecule has 59 heavy (non-hydrogen) atoms. The minimum Gasteiger partial charge on any atom is -0.505 e. The molecule has 0 bridgehead atoms. The van der Waals surface area contributed by atoms with Gasteiger partial charge in [-0.05, 0) is 35.3 Å². The van der Waals surface area contributed by atoms with E-state index in [4.69, 9.17) is 9.47 Å². The Hall–Kier alpha value is -7.09. The fourth-order valence-corrected chi connectivity index (χ4v) is 9.57. The number of methoxy groups -OCH3 is 2. The second-order valence-electron chi connectivity index (χ2n) is 15.0. The molecule has 298 valence electrons. The fraction of sp³-hybridized carbons (Fsp3) is 0.244. The second kappa shape index (κ2) is 14.1. The Kier molecular flexibility index (Phi) is 8.94. The Morgan fingerprint density at radius 2 is 1.58 bits per heavy atom. The zero-order chi connectivity index (χ0) is 41.3. The number of aryl methyl sites for hydroxylation is 2. The molecule has 4 aromatic carbocycles. The van der Waals surface area contributed by atoms with Gasteiger partial charge in [-0.25, -0.2) is 32.9 Å². The molecular formula is C45H38FN5O8. The van der Waals surface area contributed by atoms with Gasteiger partial charge >= 0.3 is 11.4 Å². The molecule has 1 fully saturated rings. The molecule has 9 rings (SSSR count). The number of aromatic hydroxyl groups is 1. The molecule has 1 saturated carbocycles. The van der Waals surface area contributed by atoms with Gasteiger partial charge in [0.15, 0.2) is 34.6 Å². The number of Topliss-reactive ketones (excluding diaryl/α,β-unsaturated/α-hetero) is 1. The number of phenolic OH excluding ortho intramolecular Hbond substituents is 1. The van der Waals surface area contributed by atoms with Gasteiger partial charge in [-0.1, -0.05) is 78.9 Å². The molecule has 2 aromatic heterocycles. The molecule has 14 heteroatoms. The predicted octanol–water partition coefficient (Wildman–Crippen LogP) is 4.62. The van der Waals surface area contributed by atoms with Crippen molar-refractivity contribution in [3.8, 4) is 17.2 Å². The van der Waals surface area contributed by atoms with Crippen molar-refractivity contribution in [2.75, 3.05) is 14.2 Å². The van der Waals surface area contributed by atoms with Crippen LogP contribution < -0.4 is 26.4 Å². The first-order valence-electron chi connectivity index (χ1n) is 19.1. The highest BCUT2D eigenvalue weighted by atomic mass is 19.1. The number of para-hydroxylation sites is 1. The molecule has 1 N–H and O–H groups in total. The Morgan fingerprint density at radius 3 is 2.29 bits per heavy atom. The van der Waals surface area contributed by atoms with Crippen LogP contribution >= 0.6 is 0 Å². The minimum absolute atomic E-state index is 0.0660. The smallest absolute Gasteiger partial charge is 0.347 e. The van der Waals surface area contributed by atoms with Crippen LogP contribution in [0.1, 0.15) is 40.8 Å². The predicted molar refractivity (Wildman–Crippen MR) is 215 cm³/mol. The van der Waals surface area contributed by atoms with Crippen LogP contribution in [0.25, 0.3) is 16.6 Å². The van der Waals surface area contributed by atoms with Crippen molar-refractivity contribution in [1.29, 1.82) is 0 Å². The highest BCUT2D eigenvalue weighted by Gasteiger charge is 2.63. The quantitative estimate of drug-likeness (QED) is 0.217. The van der Waals surface area contributed by atoms with Crippen molar-refractivity contribution in [2.24, 2.45) is 13.0 Å². The van der Waals surface area contributed by atoms with Crippen molar-refractivity contribution in [2.45, 2.75) is 43.3 Å². The Balaban J connectivity index is 1.19. The maximum atomic E-state index is 15.4. The molecule has 0 radical (unpaired) electrons. The molecule has 1 aliphatic heterocycles. The van der Waals surface area contributed by atoms with Crippen molar-refractivity contribution in [1.82, 2.24) is 23.5 Å². The average Bonchev–Trinajstić information content (AvgIpc) is 3.51. The van der Waals surface area contributed by atoms with Crippen LogP contribution in [0.2, 0.25) is 0 Å². The molecule has 4 atom stereocenters. The summed E-state index contributed by atoms with van der Waals surface area (Å²) in [6, 6.07) is 24.0. The van der Waals surface area contributed by atoms with Crippen LogP contribution in [0.4, 0.5) is 4.39 Å². The number of hydrogen-bond donors (Lipinski definition) is 1. The summed E-state index contributed by atoms with van der Waals surface area (Å²) in [6.07, 6.45) is 2.95. The molecule has 0 saturated heterocycles. The lowest BCUT2D eigenvalue weighted by Crippen LogP contribution is -2.58. The van der Waals surface area contributed by atoms with E-state index < -0.39 is 57.6 Å². The highest BCUT2D eigenvalue weighted by molar-refractivity contribution is 6.31. The zero-order valence-electron chi connectivity index (χ0n) is 32.3. The summed E-state index contributed by atoms with van der Waals surface area (Å²) < 4.78 is 31.2. The van der Waals surface area contributed by atoms with E-state index in [2.05, 4.69) is 4.98 Å². The first kappa shape index (κ1) is 37.5. The summed E-state index contributed by atoms with van der Waals surface area (Å²) in [4.78, 5) is 77.0. The number of halogens is 1. The van der Waals surface area contributed by atoms with Gasteiger partial charge < -0.3 is 19.1 Å². The van der Waals surface area contributed by atoms with Gasteiger partial charge in [0.2, 0.25) is 0 Å². The van der Waals surface area contributed by atoms with Gasteiger partial charge in [0.25, 0.3) is 5.56 Å². The fourth-order valence-electron chi connectivity index (χ4n) is 9.57. The lowest BCUT2D eigenvalue weighted by Gasteiger charge is -2.54. The summed E-state index contributed by atoms with van der Waals surface area (Å²) in [5.41, 5.74) is -0.583. The van der Waals surface area contributed by atoms with E-state index in [0.29, 0.717) is 39.2 Å². The molecule has 3 heterocycles. The standard InChI is InChI=1S/C45H38FN5O8/c1-48-35-24-37(59-3)36(58-2)23-33(35)47-32(42(48)55)18-19-49-43(56)50-20-17-27-34(51(50)44(49)57)22-30-40(53)29(25-11-6-4-7-12-25)21-38(52)45(30,26-13-8-5-9-14-26)39(27)28-15-10-16-31(46)41(28)54/h4-17,21,23-24,30,34,39,54H,18-20,22H2,1-3H3/t30-,34+,39+,45-/m0/s1. The molecular weight excluding hydrogens is 758 g/mol. The van der Waals surface area contributed by atoms with Gasteiger partial charge in [0.1, 0.15) is 5.69 Å². The largest absolute Gasteiger partial charge is 0.505 e. The Labute approximate surface area is 335 Å². The van der Waals surface area contributed by atoms with Gasteiger partial charge in [-0.3, -0.25) is 14.4 Å². The monoisotopic (exact) mass is 795 g/mol. The summed E-state index contributed by atoms with van der Waals surface area (Å²) in [7, 11) is 4.56. The van der Waals surface area contributed by atoms with Crippen molar-refractivity contribution in [3.05, 3.63) is 168 Å². The number of fused-ring (bicyclic) bond motifs is 5. The molecule has 0 spiro atoms. The van der Waals surface area contributed by atoms with Gasteiger partial charge in [-0.15, -0.1) is 0 Å². The lowest BCUT2D eigenvalue weighted by atomic mass is 9.47. The number of carbonyl (C=O) groups excluding carboxylic acids is 2. The molecule has 3 aliphatic rings. The first-order chi connectivity index (χ1) is 28.5. The number of phenols is 1. The molecule has 6 aromatic rings. The normalized spacial score (nSPS) is 21.0. The maximum absolute atomic E-state index is 15.4. The van der Waals surface area contributed by atoms with E-state index in [-0.39, 0.29) is 48.5 Å². The number of rotatable bonds is 8. The first-order valence-corrected chi connectivity index (χ1v) is 19.1. The Bertz CT molecular complexity index is 2980. The number of ether oxygens (including phenoxy) is 2. The third kappa shape index (κ3) is 5.49. The van der Waals surface area contributed by atoms with Gasteiger partial charge in [0.05, 0.1) is 43.3 Å². The summed E-state index contributed by atoms with van der Waals surface area (Å²) in [6.45, 7) is -0.294. The summed E-state index contributed by atoms with van der Waals surface area (Å²) in [5.74, 6) is -3.79. The SMILES string of the molecule is COc1cc2nc(CCn3c(=O)n4n(c3=O)[C@@H]3C[C@H]5C(=O)C(c6ccccc6)=CC(=O)[C@@]5(c5ccccc5)[C@@H](c5cccc(F)c5O)C3=CC4)c(=O)n(C)c2cc1OC. The highest BCUT2D eigenvalue weighted by Crippen LogP contribution is 2.62. The zero-order valence-corrected chi connectivity index (χ0v) is 32.3. The average molecular weight is 796 g/mol. The van der Waals surface area contributed by atoms with E-state index in [9.17, 15) is 19.5 Å². The summed E-state index contributed by atoms with van der Waals surface area (Å²) >= 11 is 0. The number of carbonyl (C=O) groups is 2. The number of allylic oxidation sites excluding steroid dienone is 4. The number of nitrogens with zero attached hydrogens (tertiary/aromatic N) is 5. The van der Waals surface area contributed by atoms with Crippen LogP contribution in [0.3, 0.4) is 0 Å². The molecule has 13 nitrogen and oxygen atoms in total. The summed E-state index contributed by atoms with van der Waals surface area (Å²) in [5, 5.41) is 11.4. The maximum Gasteiger partial charge on any atom is 0.347 e. The molecule has 2 aliphatic carbocycles.